The molecule has 3 rings (SSSR count). The lowest BCUT2D eigenvalue weighted by Crippen LogP contribution is -2.50. The molecule has 1 fully saturated rings. The average Bonchev–Trinajstić information content (AvgIpc) is 3.02. The van der Waals surface area contributed by atoms with Crippen molar-refractivity contribution in [3.63, 3.8) is 0 Å². The lowest BCUT2D eigenvalue weighted by Gasteiger charge is -2.33. The number of carbonyl (C=O) groups excluding carboxylic acids is 2. The highest BCUT2D eigenvalue weighted by atomic mass is 16.2. The average molecular weight is 355 g/mol. The second kappa shape index (κ2) is 7.27. The molecule has 0 unspecified atom stereocenters. The van der Waals surface area contributed by atoms with Crippen molar-refractivity contribution in [2.75, 3.05) is 26.2 Å². The molecule has 0 spiro atoms. The Kier molecular flexibility index (Phi) is 5.06. The molecule has 0 aliphatic carbocycles. The summed E-state index contributed by atoms with van der Waals surface area (Å²) in [5.74, 6) is 1.09. The van der Waals surface area contributed by atoms with Crippen molar-refractivity contribution in [1.29, 1.82) is 0 Å². The molecule has 0 N–H and O–H groups in total. The van der Waals surface area contributed by atoms with Crippen molar-refractivity contribution < 1.29 is 9.59 Å². The maximum Gasteiger partial charge on any atom is 0.293 e. The Morgan fingerprint density at radius 3 is 2.27 bits per heavy atom. The van der Waals surface area contributed by atoms with Crippen LogP contribution in [0.4, 0.5) is 0 Å². The Hall–Kier alpha value is -2.70. The monoisotopic (exact) mass is 355 g/mol. The van der Waals surface area contributed by atoms with E-state index in [9.17, 15) is 9.59 Å². The Bertz CT molecular complexity index is 819. The second-order valence-corrected chi connectivity index (χ2v) is 6.91. The highest BCUT2D eigenvalue weighted by Gasteiger charge is 2.26. The predicted octanol–water partition coefficient (Wildman–Crippen LogP) is 2.00. The van der Waals surface area contributed by atoms with E-state index in [0.29, 0.717) is 37.9 Å². The van der Waals surface area contributed by atoms with Crippen molar-refractivity contribution in [2.24, 2.45) is 0 Å². The quantitative estimate of drug-likeness (QED) is 0.844. The van der Waals surface area contributed by atoms with Crippen molar-refractivity contribution in [3.05, 3.63) is 41.5 Å². The predicted molar refractivity (Wildman–Crippen MR) is 98.3 cm³/mol. The SMILES string of the molecule is CC(=O)N1CCN(C(=O)c2nc(C)n(-c3ccccc3C(C)C)n2)CC1. The van der Waals surface area contributed by atoms with Crippen molar-refractivity contribution in [3.8, 4) is 5.69 Å². The van der Waals surface area contributed by atoms with Gasteiger partial charge in [0.05, 0.1) is 5.69 Å². The molecule has 26 heavy (non-hydrogen) atoms. The maximum absolute atomic E-state index is 12.8. The van der Waals surface area contributed by atoms with E-state index >= 15 is 0 Å². The van der Waals surface area contributed by atoms with Crippen molar-refractivity contribution >= 4 is 11.8 Å². The summed E-state index contributed by atoms with van der Waals surface area (Å²) in [7, 11) is 0. The van der Waals surface area contributed by atoms with Crippen LogP contribution in [0.2, 0.25) is 0 Å². The highest BCUT2D eigenvalue weighted by Crippen LogP contribution is 2.23. The van der Waals surface area contributed by atoms with Crippen LogP contribution in [0.15, 0.2) is 24.3 Å². The molecule has 1 saturated heterocycles. The molecule has 0 bridgehead atoms. The molecule has 7 heteroatoms. The van der Waals surface area contributed by atoms with Gasteiger partial charge in [-0.15, -0.1) is 5.10 Å². The minimum Gasteiger partial charge on any atom is -0.339 e. The largest absolute Gasteiger partial charge is 0.339 e. The fourth-order valence-corrected chi connectivity index (χ4v) is 3.24. The summed E-state index contributed by atoms with van der Waals surface area (Å²) >= 11 is 0. The Morgan fingerprint density at radius 1 is 1.04 bits per heavy atom. The summed E-state index contributed by atoms with van der Waals surface area (Å²) in [5.41, 5.74) is 2.11. The first-order valence-electron chi connectivity index (χ1n) is 8.96. The van der Waals surface area contributed by atoms with Crippen LogP contribution >= 0.6 is 0 Å². The number of rotatable bonds is 3. The minimum atomic E-state index is -0.183. The van der Waals surface area contributed by atoms with Gasteiger partial charge in [0, 0.05) is 33.1 Å². The van der Waals surface area contributed by atoms with Gasteiger partial charge in [-0.25, -0.2) is 9.67 Å². The lowest BCUT2D eigenvalue weighted by molar-refractivity contribution is -0.130. The van der Waals surface area contributed by atoms with Crippen LogP contribution in [-0.2, 0) is 4.79 Å². The molecule has 0 saturated carbocycles. The first-order chi connectivity index (χ1) is 12.4. The zero-order valence-electron chi connectivity index (χ0n) is 15.8. The smallest absolute Gasteiger partial charge is 0.293 e. The lowest BCUT2D eigenvalue weighted by atomic mass is 10.0. The molecular weight excluding hydrogens is 330 g/mol. The number of nitrogens with zero attached hydrogens (tertiary/aromatic N) is 5. The summed E-state index contributed by atoms with van der Waals surface area (Å²) in [5, 5.41) is 4.49. The van der Waals surface area contributed by atoms with E-state index in [-0.39, 0.29) is 17.6 Å². The fourth-order valence-electron chi connectivity index (χ4n) is 3.24. The van der Waals surface area contributed by atoms with Gasteiger partial charge in [-0.05, 0) is 24.5 Å². The number of aryl methyl sites for hydroxylation is 1. The maximum atomic E-state index is 12.8. The van der Waals surface area contributed by atoms with Crippen LogP contribution in [-0.4, -0.2) is 62.6 Å². The topological polar surface area (TPSA) is 71.3 Å². The van der Waals surface area contributed by atoms with Crippen LogP contribution in [0.25, 0.3) is 5.69 Å². The molecule has 2 amide bonds. The molecule has 2 heterocycles. The van der Waals surface area contributed by atoms with Gasteiger partial charge in [0.25, 0.3) is 5.91 Å². The van der Waals surface area contributed by atoms with E-state index in [0.717, 1.165) is 11.3 Å². The second-order valence-electron chi connectivity index (χ2n) is 6.91. The summed E-state index contributed by atoms with van der Waals surface area (Å²) < 4.78 is 1.74. The number of benzene rings is 1. The third kappa shape index (κ3) is 3.47. The molecule has 0 radical (unpaired) electrons. The summed E-state index contributed by atoms with van der Waals surface area (Å²) in [6, 6.07) is 8.04. The van der Waals surface area contributed by atoms with E-state index in [1.807, 2.05) is 25.1 Å². The standard InChI is InChI=1S/C19H25N5O2/c1-13(2)16-7-5-6-8-17(16)24-14(3)20-18(21-24)19(26)23-11-9-22(10-12-23)15(4)25/h5-8,13H,9-12H2,1-4H3. The Morgan fingerprint density at radius 2 is 1.65 bits per heavy atom. The Labute approximate surface area is 153 Å². The number of carbonyl (C=O) groups is 2. The van der Waals surface area contributed by atoms with E-state index in [2.05, 4.69) is 30.0 Å². The van der Waals surface area contributed by atoms with Crippen LogP contribution in [0.3, 0.4) is 0 Å². The van der Waals surface area contributed by atoms with E-state index in [1.54, 1.807) is 21.4 Å². The van der Waals surface area contributed by atoms with Gasteiger partial charge >= 0.3 is 0 Å². The molecule has 1 aliphatic heterocycles. The van der Waals surface area contributed by atoms with Gasteiger partial charge in [0.2, 0.25) is 11.7 Å². The van der Waals surface area contributed by atoms with Crippen LogP contribution < -0.4 is 0 Å². The highest BCUT2D eigenvalue weighted by molar-refractivity contribution is 5.90. The fraction of sp³-hybridized carbons (Fsp3) is 0.474. The van der Waals surface area contributed by atoms with Crippen molar-refractivity contribution in [2.45, 2.75) is 33.6 Å². The summed E-state index contributed by atoms with van der Waals surface area (Å²) in [4.78, 5) is 32.1. The number of aromatic nitrogens is 3. The van der Waals surface area contributed by atoms with E-state index < -0.39 is 0 Å². The third-order valence-corrected chi connectivity index (χ3v) is 4.76. The van der Waals surface area contributed by atoms with Crippen LogP contribution in [0.1, 0.15) is 48.7 Å². The molecule has 2 aromatic rings. The van der Waals surface area contributed by atoms with Gasteiger partial charge in [0.15, 0.2) is 0 Å². The molecule has 1 aromatic heterocycles. The van der Waals surface area contributed by atoms with Crippen LogP contribution in [0, 0.1) is 6.92 Å². The van der Waals surface area contributed by atoms with Gasteiger partial charge < -0.3 is 9.80 Å². The zero-order valence-corrected chi connectivity index (χ0v) is 15.8. The molecule has 138 valence electrons. The third-order valence-electron chi connectivity index (χ3n) is 4.76. The van der Waals surface area contributed by atoms with Gasteiger partial charge in [0.1, 0.15) is 5.82 Å². The van der Waals surface area contributed by atoms with E-state index in [1.165, 1.54) is 0 Å². The normalized spacial score (nSPS) is 14.8. The van der Waals surface area contributed by atoms with Gasteiger partial charge in [-0.3, -0.25) is 9.59 Å². The molecule has 1 aliphatic rings. The summed E-state index contributed by atoms with van der Waals surface area (Å²) in [6.07, 6.45) is 0. The number of para-hydroxylation sites is 1. The first-order valence-corrected chi connectivity index (χ1v) is 8.96. The molecular formula is C19H25N5O2. The number of hydrogen-bond donors (Lipinski definition) is 0. The molecule has 1 aromatic carbocycles. The Balaban J connectivity index is 1.83. The first kappa shape index (κ1) is 18.1. The summed E-state index contributed by atoms with van der Waals surface area (Å²) in [6.45, 7) is 9.79. The molecule has 0 atom stereocenters. The number of amides is 2. The zero-order chi connectivity index (χ0) is 18.8. The van der Waals surface area contributed by atoms with Crippen molar-refractivity contribution in [1.82, 2.24) is 24.6 Å². The minimum absolute atomic E-state index is 0.0423. The van der Waals surface area contributed by atoms with Gasteiger partial charge in [-0.1, -0.05) is 32.0 Å². The number of piperazine rings is 1. The van der Waals surface area contributed by atoms with E-state index in [4.69, 9.17) is 0 Å². The molecule has 7 nitrogen and oxygen atoms in total. The van der Waals surface area contributed by atoms with Gasteiger partial charge in [-0.2, -0.15) is 0 Å². The number of hydrogen-bond acceptors (Lipinski definition) is 4. The van der Waals surface area contributed by atoms with Crippen LogP contribution in [0.5, 0.6) is 0 Å².